The molecule has 0 bridgehead atoms. The molecule has 1 radical (unpaired) electrons. The molecule has 0 unspecified atom stereocenters. The van der Waals surface area contributed by atoms with Crippen molar-refractivity contribution in [3.05, 3.63) is 36.2 Å². The highest BCUT2D eigenvalue weighted by Crippen LogP contribution is 2.19. The fourth-order valence-electron chi connectivity index (χ4n) is 2.14. The van der Waals surface area contributed by atoms with Gasteiger partial charge in [-0.2, -0.15) is 0 Å². The number of methoxy groups -OCH3 is 2. The maximum atomic E-state index is 12.0. The van der Waals surface area contributed by atoms with E-state index in [1.165, 1.54) is 12.0 Å². The molecule has 1 amide bonds. The van der Waals surface area contributed by atoms with Crippen LogP contribution >= 0.6 is 0 Å². The number of nitrogens with zero attached hydrogens (tertiary/aromatic N) is 1. The van der Waals surface area contributed by atoms with Crippen molar-refractivity contribution in [2.24, 2.45) is 0 Å². The van der Waals surface area contributed by atoms with E-state index in [9.17, 15) is 9.59 Å². The summed E-state index contributed by atoms with van der Waals surface area (Å²) in [6, 6.07) is 6.65. The molecular formula is C15H18NO5. The molecule has 0 saturated carbocycles. The van der Waals surface area contributed by atoms with Crippen molar-refractivity contribution in [2.45, 2.75) is 19.1 Å². The maximum Gasteiger partial charge on any atom is 0.410 e. The van der Waals surface area contributed by atoms with Gasteiger partial charge in [-0.3, -0.25) is 4.90 Å². The molecule has 113 valence electrons. The van der Waals surface area contributed by atoms with Crippen molar-refractivity contribution in [1.29, 1.82) is 0 Å². The topological polar surface area (TPSA) is 65.1 Å². The molecular weight excluding hydrogens is 274 g/mol. The lowest BCUT2D eigenvalue weighted by Gasteiger charge is -2.21. The summed E-state index contributed by atoms with van der Waals surface area (Å²) in [5.41, 5.74) is 0.849. The molecule has 1 saturated heterocycles. The molecule has 1 aliphatic heterocycles. The summed E-state index contributed by atoms with van der Waals surface area (Å²) in [6.45, 7) is 0.536. The Kier molecular flexibility index (Phi) is 5.03. The predicted molar refractivity (Wildman–Crippen MR) is 74.6 cm³/mol. The first kappa shape index (κ1) is 15.2. The normalized spacial score (nSPS) is 17.4. The largest absolute Gasteiger partial charge is 0.497 e. The van der Waals surface area contributed by atoms with E-state index in [1.54, 1.807) is 19.2 Å². The van der Waals surface area contributed by atoms with Crippen LogP contribution in [-0.2, 0) is 20.9 Å². The lowest BCUT2D eigenvalue weighted by molar-refractivity contribution is -0.145. The number of benzene rings is 1. The first-order valence-electron chi connectivity index (χ1n) is 6.61. The molecule has 0 aliphatic carbocycles. The second-order valence-corrected chi connectivity index (χ2v) is 4.62. The zero-order chi connectivity index (χ0) is 15.2. The minimum atomic E-state index is -0.585. The first-order valence-corrected chi connectivity index (χ1v) is 6.61. The summed E-state index contributed by atoms with van der Waals surface area (Å²) in [4.78, 5) is 25.0. The van der Waals surface area contributed by atoms with Gasteiger partial charge < -0.3 is 14.2 Å². The molecule has 0 spiro atoms. The molecule has 2 rings (SSSR count). The van der Waals surface area contributed by atoms with Crippen LogP contribution < -0.4 is 4.74 Å². The SMILES string of the molecule is COC(=O)[C@@H]1C[CH]CN1C(=O)OCc1ccc(OC)cc1. The Hall–Kier alpha value is -2.24. The van der Waals surface area contributed by atoms with E-state index in [1.807, 2.05) is 18.6 Å². The van der Waals surface area contributed by atoms with E-state index in [0.717, 1.165) is 11.3 Å². The van der Waals surface area contributed by atoms with Crippen molar-refractivity contribution in [3.63, 3.8) is 0 Å². The van der Waals surface area contributed by atoms with Gasteiger partial charge in [0.25, 0.3) is 0 Å². The summed E-state index contributed by atoms with van der Waals surface area (Å²) in [6.07, 6.45) is 1.83. The number of rotatable bonds is 4. The van der Waals surface area contributed by atoms with E-state index in [4.69, 9.17) is 9.47 Å². The van der Waals surface area contributed by atoms with Gasteiger partial charge in [0.1, 0.15) is 18.4 Å². The van der Waals surface area contributed by atoms with Crippen LogP contribution in [0.4, 0.5) is 4.79 Å². The molecule has 6 nitrogen and oxygen atoms in total. The first-order chi connectivity index (χ1) is 10.2. The highest BCUT2D eigenvalue weighted by molar-refractivity contribution is 5.82. The summed E-state index contributed by atoms with van der Waals surface area (Å²) in [5.74, 6) is 0.315. The van der Waals surface area contributed by atoms with Crippen molar-refractivity contribution < 1.29 is 23.8 Å². The van der Waals surface area contributed by atoms with Crippen molar-refractivity contribution in [2.75, 3.05) is 20.8 Å². The van der Waals surface area contributed by atoms with Gasteiger partial charge in [-0.25, -0.2) is 9.59 Å². The minimum Gasteiger partial charge on any atom is -0.497 e. The summed E-state index contributed by atoms with van der Waals surface area (Å²) >= 11 is 0. The molecule has 0 aromatic heterocycles. The van der Waals surface area contributed by atoms with Gasteiger partial charge in [0.05, 0.1) is 14.2 Å². The quantitative estimate of drug-likeness (QED) is 0.791. The Balaban J connectivity index is 1.90. The van der Waals surface area contributed by atoms with Crippen molar-refractivity contribution >= 4 is 12.1 Å². The monoisotopic (exact) mass is 292 g/mol. The number of carbonyl (C=O) groups excluding carboxylic acids is 2. The molecule has 6 heteroatoms. The Morgan fingerprint density at radius 3 is 2.57 bits per heavy atom. The Labute approximate surface area is 123 Å². The van der Waals surface area contributed by atoms with E-state index >= 15 is 0 Å². The number of esters is 1. The molecule has 1 aromatic rings. The Bertz CT molecular complexity index is 499. The predicted octanol–water partition coefficient (Wildman–Crippen LogP) is 1.78. The number of hydrogen-bond acceptors (Lipinski definition) is 5. The second kappa shape index (κ2) is 6.97. The number of carbonyl (C=O) groups is 2. The van der Waals surface area contributed by atoms with Crippen LogP contribution in [0.15, 0.2) is 24.3 Å². The van der Waals surface area contributed by atoms with Crippen molar-refractivity contribution in [1.82, 2.24) is 4.90 Å². The molecule has 1 heterocycles. The lowest BCUT2D eigenvalue weighted by Crippen LogP contribution is -2.41. The van der Waals surface area contributed by atoms with Gasteiger partial charge in [0.2, 0.25) is 0 Å². The van der Waals surface area contributed by atoms with Gasteiger partial charge >= 0.3 is 12.1 Å². The van der Waals surface area contributed by atoms with Gasteiger partial charge in [-0.1, -0.05) is 12.1 Å². The van der Waals surface area contributed by atoms with E-state index in [-0.39, 0.29) is 6.61 Å². The fraction of sp³-hybridized carbons (Fsp3) is 0.400. The summed E-state index contributed by atoms with van der Waals surface area (Å²) < 4.78 is 15.0. The number of hydrogen-bond donors (Lipinski definition) is 0. The second-order valence-electron chi connectivity index (χ2n) is 4.62. The smallest absolute Gasteiger partial charge is 0.410 e. The van der Waals surface area contributed by atoms with Crippen LogP contribution in [-0.4, -0.2) is 43.8 Å². The highest BCUT2D eigenvalue weighted by atomic mass is 16.6. The van der Waals surface area contributed by atoms with Crippen LogP contribution in [0.2, 0.25) is 0 Å². The number of ether oxygens (including phenoxy) is 3. The molecule has 0 N–H and O–H groups in total. The summed E-state index contributed by atoms with van der Waals surface area (Å²) in [7, 11) is 2.90. The standard InChI is InChI=1S/C15H18NO5/c1-19-12-7-5-11(6-8-12)10-21-15(18)16-9-3-4-13(16)14(17)20-2/h3,5-8,13H,4,9-10H2,1-2H3/t13-/m0/s1. The van der Waals surface area contributed by atoms with Crippen LogP contribution in [0.3, 0.4) is 0 Å². The zero-order valence-corrected chi connectivity index (χ0v) is 12.1. The zero-order valence-electron chi connectivity index (χ0n) is 12.1. The average Bonchev–Trinajstić information content (AvgIpc) is 3.02. The van der Waals surface area contributed by atoms with Crippen LogP contribution in [0.25, 0.3) is 0 Å². The third-order valence-electron chi connectivity index (χ3n) is 3.32. The van der Waals surface area contributed by atoms with E-state index in [0.29, 0.717) is 13.0 Å². The third kappa shape index (κ3) is 3.65. The number of amides is 1. The number of likely N-dealkylation sites (tertiary alicyclic amines) is 1. The molecule has 1 aliphatic rings. The van der Waals surface area contributed by atoms with Crippen LogP contribution in [0.5, 0.6) is 5.75 Å². The molecule has 21 heavy (non-hydrogen) atoms. The average molecular weight is 292 g/mol. The third-order valence-corrected chi connectivity index (χ3v) is 3.32. The van der Waals surface area contributed by atoms with Gasteiger partial charge in [-0.05, 0) is 30.5 Å². The summed E-state index contributed by atoms with van der Waals surface area (Å²) in [5, 5.41) is 0. The Morgan fingerprint density at radius 2 is 1.95 bits per heavy atom. The van der Waals surface area contributed by atoms with Crippen LogP contribution in [0, 0.1) is 6.42 Å². The fourth-order valence-corrected chi connectivity index (χ4v) is 2.14. The lowest BCUT2D eigenvalue weighted by atomic mass is 10.2. The molecule has 1 fully saturated rings. The highest BCUT2D eigenvalue weighted by Gasteiger charge is 2.35. The van der Waals surface area contributed by atoms with Gasteiger partial charge in [0.15, 0.2) is 0 Å². The Morgan fingerprint density at radius 1 is 1.24 bits per heavy atom. The minimum absolute atomic E-state index is 0.146. The van der Waals surface area contributed by atoms with Crippen molar-refractivity contribution in [3.8, 4) is 5.75 Å². The molecule has 1 aromatic carbocycles. The van der Waals surface area contributed by atoms with Gasteiger partial charge in [0, 0.05) is 6.54 Å². The van der Waals surface area contributed by atoms with E-state index in [2.05, 4.69) is 4.74 Å². The van der Waals surface area contributed by atoms with Crippen LogP contribution in [0.1, 0.15) is 12.0 Å². The van der Waals surface area contributed by atoms with E-state index < -0.39 is 18.1 Å². The maximum absolute atomic E-state index is 12.0. The molecule has 1 atom stereocenters. The van der Waals surface area contributed by atoms with Gasteiger partial charge in [-0.15, -0.1) is 0 Å².